The number of hydrogen-bond donors (Lipinski definition) is 1. The van der Waals surface area contributed by atoms with Gasteiger partial charge in [0.1, 0.15) is 0 Å². The molecule has 0 spiro atoms. The van der Waals surface area contributed by atoms with Gasteiger partial charge >= 0.3 is 0 Å². The Hall–Kier alpha value is -0.130. The molecule has 0 aromatic carbocycles. The van der Waals surface area contributed by atoms with Gasteiger partial charge in [0.25, 0.3) is 0 Å². The Kier molecular flexibility index (Phi) is 6.08. The summed E-state index contributed by atoms with van der Waals surface area (Å²) in [6, 6.07) is 0.464. The molecule has 1 rings (SSSR count). The van der Waals surface area contributed by atoms with E-state index in [0.717, 1.165) is 6.42 Å². The number of rotatable bonds is 6. The maximum absolute atomic E-state index is 11.8. The summed E-state index contributed by atoms with van der Waals surface area (Å²) in [5.74, 6) is 0.792. The van der Waals surface area contributed by atoms with Crippen molar-refractivity contribution in [1.29, 1.82) is 0 Å². The van der Waals surface area contributed by atoms with E-state index in [-0.39, 0.29) is 11.0 Å². The normalized spacial score (nSPS) is 25.9. The first kappa shape index (κ1) is 15.9. The molecule has 0 aromatic rings. The molecule has 2 N–H and O–H groups in total. The lowest BCUT2D eigenvalue weighted by Gasteiger charge is -2.37. The van der Waals surface area contributed by atoms with Crippen molar-refractivity contribution in [3.05, 3.63) is 0 Å². The van der Waals surface area contributed by atoms with E-state index >= 15 is 0 Å². The largest absolute Gasteiger partial charge is 0.330 e. The van der Waals surface area contributed by atoms with Crippen LogP contribution < -0.4 is 5.73 Å². The van der Waals surface area contributed by atoms with Crippen molar-refractivity contribution in [3.8, 4) is 0 Å². The second-order valence-electron chi connectivity index (χ2n) is 5.74. The van der Waals surface area contributed by atoms with Crippen LogP contribution in [0.5, 0.6) is 0 Å². The highest BCUT2D eigenvalue weighted by atomic mass is 32.2. The van der Waals surface area contributed by atoms with Crippen LogP contribution in [0.25, 0.3) is 0 Å². The molecule has 0 radical (unpaired) electrons. The van der Waals surface area contributed by atoms with Crippen LogP contribution in [0.1, 0.15) is 39.5 Å². The lowest BCUT2D eigenvalue weighted by molar-refractivity contribution is 0.140. The first-order chi connectivity index (χ1) is 8.38. The molecule has 1 aliphatic carbocycles. The third-order valence-electron chi connectivity index (χ3n) is 4.18. The summed E-state index contributed by atoms with van der Waals surface area (Å²) in [4.78, 5) is 2.20. The Bertz CT molecular complexity index is 341. The van der Waals surface area contributed by atoms with Crippen LogP contribution in [0.15, 0.2) is 0 Å². The molecule has 0 bridgehead atoms. The maximum Gasteiger partial charge on any atom is 0.153 e. The summed E-state index contributed by atoms with van der Waals surface area (Å²) in [7, 11) is -0.893. The number of nitrogens with two attached hydrogens (primary N) is 1. The zero-order valence-corrected chi connectivity index (χ0v) is 12.7. The van der Waals surface area contributed by atoms with Gasteiger partial charge in [0.15, 0.2) is 9.84 Å². The van der Waals surface area contributed by atoms with Crippen LogP contribution in [0.3, 0.4) is 0 Å². The molecular weight excluding hydrogens is 248 g/mol. The third kappa shape index (κ3) is 4.21. The number of hydrogen-bond acceptors (Lipinski definition) is 4. The molecular formula is C13H28N2O2S. The van der Waals surface area contributed by atoms with Gasteiger partial charge in [-0.15, -0.1) is 0 Å². The average Bonchev–Trinajstić information content (AvgIpc) is 2.35. The summed E-state index contributed by atoms with van der Waals surface area (Å²) in [5.41, 5.74) is 5.82. The fraction of sp³-hybridized carbons (Fsp3) is 1.00. The van der Waals surface area contributed by atoms with E-state index in [9.17, 15) is 8.42 Å². The summed E-state index contributed by atoms with van der Waals surface area (Å²) in [6.07, 6.45) is 4.83. The van der Waals surface area contributed by atoms with Gasteiger partial charge in [0.2, 0.25) is 0 Å². The SMILES string of the molecule is CC(C)S(=O)(=O)CCN(C)C1CCCCC1CN. The quantitative estimate of drug-likeness (QED) is 0.793. The van der Waals surface area contributed by atoms with Gasteiger partial charge in [-0.05, 0) is 46.2 Å². The predicted molar refractivity (Wildman–Crippen MR) is 76.4 cm³/mol. The summed E-state index contributed by atoms with van der Waals surface area (Å²) < 4.78 is 23.6. The van der Waals surface area contributed by atoms with Gasteiger partial charge in [-0.1, -0.05) is 12.8 Å². The number of sulfone groups is 1. The minimum atomic E-state index is -2.93. The standard InChI is InChI=1S/C13H28N2O2S/c1-11(2)18(16,17)9-8-15(3)13-7-5-4-6-12(13)10-14/h11-13H,4-10,14H2,1-3H3. The van der Waals surface area contributed by atoms with Crippen molar-refractivity contribution in [2.75, 3.05) is 25.9 Å². The fourth-order valence-corrected chi connectivity index (χ4v) is 3.73. The first-order valence-corrected chi connectivity index (χ1v) is 8.72. The minimum absolute atomic E-state index is 0.259. The molecule has 1 saturated carbocycles. The van der Waals surface area contributed by atoms with Crippen LogP contribution in [0.2, 0.25) is 0 Å². The molecule has 4 nitrogen and oxygen atoms in total. The molecule has 0 aromatic heterocycles. The highest BCUT2D eigenvalue weighted by Crippen LogP contribution is 2.27. The Balaban J connectivity index is 2.51. The van der Waals surface area contributed by atoms with Gasteiger partial charge in [0, 0.05) is 12.6 Å². The lowest BCUT2D eigenvalue weighted by Crippen LogP contribution is -2.45. The van der Waals surface area contributed by atoms with Crippen LogP contribution in [0, 0.1) is 5.92 Å². The second-order valence-corrected chi connectivity index (χ2v) is 8.42. The van der Waals surface area contributed by atoms with E-state index in [1.165, 1.54) is 19.3 Å². The Morgan fingerprint density at radius 2 is 1.89 bits per heavy atom. The van der Waals surface area contributed by atoms with Crippen LogP contribution in [-0.4, -0.2) is 50.5 Å². The number of nitrogens with zero attached hydrogens (tertiary/aromatic N) is 1. The van der Waals surface area contributed by atoms with Crippen molar-refractivity contribution in [3.63, 3.8) is 0 Å². The van der Waals surface area contributed by atoms with Gasteiger partial charge in [0.05, 0.1) is 11.0 Å². The van der Waals surface area contributed by atoms with E-state index < -0.39 is 9.84 Å². The van der Waals surface area contributed by atoms with Gasteiger partial charge in [-0.25, -0.2) is 8.42 Å². The zero-order valence-electron chi connectivity index (χ0n) is 11.9. The minimum Gasteiger partial charge on any atom is -0.330 e. The average molecular weight is 276 g/mol. The molecule has 1 aliphatic rings. The molecule has 18 heavy (non-hydrogen) atoms. The van der Waals surface area contributed by atoms with Crippen molar-refractivity contribution in [2.24, 2.45) is 11.7 Å². The Labute approximate surface area is 112 Å². The Morgan fingerprint density at radius 3 is 2.44 bits per heavy atom. The smallest absolute Gasteiger partial charge is 0.153 e. The molecule has 108 valence electrons. The van der Waals surface area contributed by atoms with Crippen molar-refractivity contribution < 1.29 is 8.42 Å². The second kappa shape index (κ2) is 6.87. The zero-order chi connectivity index (χ0) is 13.8. The maximum atomic E-state index is 11.8. The molecule has 2 atom stereocenters. The molecule has 0 saturated heterocycles. The topological polar surface area (TPSA) is 63.4 Å². The molecule has 2 unspecified atom stereocenters. The molecule has 0 aliphatic heterocycles. The highest BCUT2D eigenvalue weighted by molar-refractivity contribution is 7.92. The van der Waals surface area contributed by atoms with E-state index in [1.807, 2.05) is 7.05 Å². The molecule has 1 fully saturated rings. The molecule has 0 amide bonds. The summed E-state index contributed by atoms with van der Waals surface area (Å²) in [6.45, 7) is 4.84. The van der Waals surface area contributed by atoms with E-state index in [2.05, 4.69) is 4.90 Å². The van der Waals surface area contributed by atoms with E-state index in [1.54, 1.807) is 13.8 Å². The van der Waals surface area contributed by atoms with E-state index in [4.69, 9.17) is 5.73 Å². The van der Waals surface area contributed by atoms with Crippen molar-refractivity contribution in [2.45, 2.75) is 50.8 Å². The fourth-order valence-electron chi connectivity index (χ4n) is 2.72. The van der Waals surface area contributed by atoms with Crippen LogP contribution >= 0.6 is 0 Å². The molecule has 0 heterocycles. The van der Waals surface area contributed by atoms with Gasteiger partial charge < -0.3 is 10.6 Å². The predicted octanol–water partition coefficient (Wildman–Crippen LogP) is 1.26. The van der Waals surface area contributed by atoms with Gasteiger partial charge in [-0.2, -0.15) is 0 Å². The Morgan fingerprint density at radius 1 is 1.28 bits per heavy atom. The van der Waals surface area contributed by atoms with Gasteiger partial charge in [-0.3, -0.25) is 0 Å². The monoisotopic (exact) mass is 276 g/mol. The van der Waals surface area contributed by atoms with Crippen LogP contribution in [0.4, 0.5) is 0 Å². The summed E-state index contributed by atoms with van der Waals surface area (Å²) >= 11 is 0. The third-order valence-corrected chi connectivity index (χ3v) is 6.37. The van der Waals surface area contributed by atoms with Crippen molar-refractivity contribution in [1.82, 2.24) is 4.90 Å². The first-order valence-electron chi connectivity index (χ1n) is 7.00. The van der Waals surface area contributed by atoms with Crippen LogP contribution in [-0.2, 0) is 9.84 Å². The lowest BCUT2D eigenvalue weighted by atomic mass is 9.84. The highest BCUT2D eigenvalue weighted by Gasteiger charge is 2.28. The summed E-state index contributed by atoms with van der Waals surface area (Å²) in [5, 5.41) is -0.275. The molecule has 5 heteroatoms. The van der Waals surface area contributed by atoms with Crippen molar-refractivity contribution >= 4 is 9.84 Å². The van der Waals surface area contributed by atoms with E-state index in [0.29, 0.717) is 25.0 Å².